The lowest BCUT2D eigenvalue weighted by Gasteiger charge is -2.25. The van der Waals surface area contributed by atoms with E-state index < -0.39 is 0 Å². The van der Waals surface area contributed by atoms with Crippen LogP contribution in [0.15, 0.2) is 18.2 Å². The molecule has 0 unspecified atom stereocenters. The van der Waals surface area contributed by atoms with Crippen molar-refractivity contribution in [3.8, 4) is 0 Å². The quantitative estimate of drug-likeness (QED) is 0.786. The third-order valence-corrected chi connectivity index (χ3v) is 2.98. The van der Waals surface area contributed by atoms with Gasteiger partial charge in [0.1, 0.15) is 0 Å². The Morgan fingerprint density at radius 3 is 2.65 bits per heavy atom. The van der Waals surface area contributed by atoms with Gasteiger partial charge < -0.3 is 15.4 Å². The molecule has 0 aliphatic carbocycles. The fourth-order valence-electron chi connectivity index (χ4n) is 2.04. The van der Waals surface area contributed by atoms with Crippen molar-refractivity contribution in [3.05, 3.63) is 29.3 Å². The average Bonchev–Trinajstić information content (AvgIpc) is 2.32. The highest BCUT2D eigenvalue weighted by molar-refractivity contribution is 5.54. The predicted octanol–water partition coefficient (Wildman–Crippen LogP) is 1.97. The summed E-state index contributed by atoms with van der Waals surface area (Å²) in [7, 11) is 1.74. The molecular weight excluding hydrogens is 212 g/mol. The topological polar surface area (TPSA) is 38.5 Å². The van der Waals surface area contributed by atoms with E-state index in [-0.39, 0.29) is 0 Å². The molecule has 0 atom stereocenters. The van der Waals surface area contributed by atoms with Gasteiger partial charge in [0.05, 0.1) is 6.61 Å². The molecule has 0 aliphatic heterocycles. The molecule has 0 bridgehead atoms. The van der Waals surface area contributed by atoms with Crippen LogP contribution in [0.3, 0.4) is 0 Å². The van der Waals surface area contributed by atoms with Gasteiger partial charge in [-0.3, -0.25) is 0 Å². The highest BCUT2D eigenvalue weighted by Crippen LogP contribution is 2.21. The van der Waals surface area contributed by atoms with Crippen LogP contribution >= 0.6 is 0 Å². The minimum atomic E-state index is 0.708. The van der Waals surface area contributed by atoms with Crippen LogP contribution in [0.1, 0.15) is 18.1 Å². The molecule has 1 rings (SSSR count). The normalized spacial score (nSPS) is 10.6. The van der Waals surface area contributed by atoms with E-state index in [0.717, 1.165) is 26.1 Å². The van der Waals surface area contributed by atoms with Gasteiger partial charge in [-0.05, 0) is 44.0 Å². The van der Waals surface area contributed by atoms with E-state index in [1.807, 2.05) is 0 Å². The maximum absolute atomic E-state index is 5.57. The summed E-state index contributed by atoms with van der Waals surface area (Å²) in [5.74, 6) is 0. The number of aryl methyl sites for hydroxylation is 1. The van der Waals surface area contributed by atoms with Crippen LogP contribution in [0.5, 0.6) is 0 Å². The van der Waals surface area contributed by atoms with E-state index in [2.05, 4.69) is 36.9 Å². The lowest BCUT2D eigenvalue weighted by molar-refractivity contribution is 0.205. The molecule has 96 valence electrons. The molecule has 0 saturated heterocycles. The standard InChI is InChI=1S/C14H24N2O/c1-4-16(9-10-17-3)14-6-5-13(7-8-15)11-12(14)2/h5-6,11H,4,7-10,15H2,1-3H3. The van der Waals surface area contributed by atoms with Crippen molar-refractivity contribution in [2.45, 2.75) is 20.3 Å². The number of methoxy groups -OCH3 is 1. The van der Waals surface area contributed by atoms with E-state index >= 15 is 0 Å². The molecule has 0 radical (unpaired) electrons. The molecule has 0 spiro atoms. The summed E-state index contributed by atoms with van der Waals surface area (Å²) in [6, 6.07) is 6.60. The molecule has 1 aromatic rings. The Balaban J connectivity index is 2.81. The van der Waals surface area contributed by atoms with Gasteiger partial charge in [-0.25, -0.2) is 0 Å². The van der Waals surface area contributed by atoms with Gasteiger partial charge in [-0.1, -0.05) is 12.1 Å². The first-order chi connectivity index (χ1) is 8.22. The van der Waals surface area contributed by atoms with E-state index in [9.17, 15) is 0 Å². The van der Waals surface area contributed by atoms with Crippen LogP contribution in [0.4, 0.5) is 5.69 Å². The zero-order valence-electron chi connectivity index (χ0n) is 11.2. The predicted molar refractivity (Wildman–Crippen MR) is 73.7 cm³/mol. The Bertz CT molecular complexity index is 339. The number of ether oxygens (including phenoxy) is 1. The fraction of sp³-hybridized carbons (Fsp3) is 0.571. The molecule has 1 aromatic carbocycles. The lowest BCUT2D eigenvalue weighted by Crippen LogP contribution is -2.27. The number of nitrogens with two attached hydrogens (primary N) is 1. The molecule has 0 aliphatic rings. The van der Waals surface area contributed by atoms with Gasteiger partial charge in [-0.2, -0.15) is 0 Å². The number of anilines is 1. The molecule has 2 N–H and O–H groups in total. The van der Waals surface area contributed by atoms with Crippen molar-refractivity contribution in [1.29, 1.82) is 0 Å². The Labute approximate surface area is 105 Å². The highest BCUT2D eigenvalue weighted by atomic mass is 16.5. The Kier molecular flexibility index (Phi) is 6.01. The average molecular weight is 236 g/mol. The molecule has 17 heavy (non-hydrogen) atoms. The van der Waals surface area contributed by atoms with Crippen molar-refractivity contribution in [3.63, 3.8) is 0 Å². The summed E-state index contributed by atoms with van der Waals surface area (Å²) >= 11 is 0. The Morgan fingerprint density at radius 2 is 2.12 bits per heavy atom. The summed E-state index contributed by atoms with van der Waals surface area (Å²) in [4.78, 5) is 2.34. The second-order valence-electron chi connectivity index (χ2n) is 4.23. The second-order valence-corrected chi connectivity index (χ2v) is 4.23. The molecule has 3 heteroatoms. The van der Waals surface area contributed by atoms with Gasteiger partial charge in [0.25, 0.3) is 0 Å². The summed E-state index contributed by atoms with van der Waals surface area (Å²) in [5, 5.41) is 0. The molecule has 0 fully saturated rings. The molecule has 0 aromatic heterocycles. The number of hydrogen-bond donors (Lipinski definition) is 1. The Morgan fingerprint density at radius 1 is 1.35 bits per heavy atom. The number of hydrogen-bond acceptors (Lipinski definition) is 3. The summed E-state index contributed by atoms with van der Waals surface area (Å²) in [5.41, 5.74) is 9.50. The zero-order chi connectivity index (χ0) is 12.7. The maximum Gasteiger partial charge on any atom is 0.0637 e. The molecule has 0 saturated carbocycles. The van der Waals surface area contributed by atoms with Crippen LogP contribution in [0.2, 0.25) is 0 Å². The molecular formula is C14H24N2O. The highest BCUT2D eigenvalue weighted by Gasteiger charge is 2.07. The third kappa shape index (κ3) is 4.02. The van der Waals surface area contributed by atoms with Gasteiger partial charge >= 0.3 is 0 Å². The summed E-state index contributed by atoms with van der Waals surface area (Å²) < 4.78 is 5.14. The van der Waals surface area contributed by atoms with Gasteiger partial charge in [0.2, 0.25) is 0 Å². The third-order valence-electron chi connectivity index (χ3n) is 2.98. The van der Waals surface area contributed by atoms with Gasteiger partial charge in [-0.15, -0.1) is 0 Å². The van der Waals surface area contributed by atoms with Gasteiger partial charge in [0, 0.05) is 25.9 Å². The van der Waals surface area contributed by atoms with Crippen molar-refractivity contribution in [1.82, 2.24) is 0 Å². The number of nitrogens with zero attached hydrogens (tertiary/aromatic N) is 1. The van der Waals surface area contributed by atoms with Crippen molar-refractivity contribution in [2.75, 3.05) is 38.3 Å². The van der Waals surface area contributed by atoms with E-state index in [4.69, 9.17) is 10.5 Å². The first kappa shape index (κ1) is 14.0. The van der Waals surface area contributed by atoms with E-state index in [0.29, 0.717) is 6.54 Å². The van der Waals surface area contributed by atoms with E-state index in [1.54, 1.807) is 7.11 Å². The Hall–Kier alpha value is -1.06. The van der Waals surface area contributed by atoms with Crippen molar-refractivity contribution in [2.24, 2.45) is 5.73 Å². The molecule has 0 amide bonds. The van der Waals surface area contributed by atoms with Crippen LogP contribution in [-0.2, 0) is 11.2 Å². The lowest BCUT2D eigenvalue weighted by atomic mass is 10.1. The first-order valence-corrected chi connectivity index (χ1v) is 6.26. The second kappa shape index (κ2) is 7.30. The van der Waals surface area contributed by atoms with Crippen LogP contribution in [0, 0.1) is 6.92 Å². The maximum atomic E-state index is 5.57. The SMILES string of the molecule is CCN(CCOC)c1ccc(CCN)cc1C. The fourth-order valence-corrected chi connectivity index (χ4v) is 2.04. The van der Waals surface area contributed by atoms with Gasteiger partial charge in [0.15, 0.2) is 0 Å². The minimum absolute atomic E-state index is 0.708. The van der Waals surface area contributed by atoms with Crippen LogP contribution in [0.25, 0.3) is 0 Å². The first-order valence-electron chi connectivity index (χ1n) is 6.26. The largest absolute Gasteiger partial charge is 0.383 e. The van der Waals surface area contributed by atoms with Crippen LogP contribution < -0.4 is 10.6 Å². The number of rotatable bonds is 7. The van der Waals surface area contributed by atoms with Crippen molar-refractivity contribution < 1.29 is 4.74 Å². The zero-order valence-corrected chi connectivity index (χ0v) is 11.2. The number of likely N-dealkylation sites (N-methyl/N-ethyl adjacent to an activating group) is 1. The minimum Gasteiger partial charge on any atom is -0.383 e. The molecule has 3 nitrogen and oxygen atoms in total. The smallest absolute Gasteiger partial charge is 0.0637 e. The monoisotopic (exact) mass is 236 g/mol. The number of benzene rings is 1. The van der Waals surface area contributed by atoms with E-state index in [1.165, 1.54) is 16.8 Å². The van der Waals surface area contributed by atoms with Crippen LogP contribution in [-0.4, -0.2) is 33.4 Å². The van der Waals surface area contributed by atoms with Crippen molar-refractivity contribution >= 4 is 5.69 Å². The summed E-state index contributed by atoms with van der Waals surface area (Å²) in [6.07, 6.45) is 0.950. The summed E-state index contributed by atoms with van der Waals surface area (Å²) in [6.45, 7) is 7.73. The molecule has 0 heterocycles.